The minimum Gasteiger partial charge on any atom is -0.286 e. The molecule has 4 nitrogen and oxygen atoms in total. The van der Waals surface area contributed by atoms with Crippen molar-refractivity contribution >= 4 is 11.7 Å². The van der Waals surface area contributed by atoms with Crippen LogP contribution in [0, 0.1) is 0 Å². The number of nitrogens with zero attached hydrogens (tertiary/aromatic N) is 1. The van der Waals surface area contributed by atoms with Gasteiger partial charge in [0.25, 0.3) is 5.91 Å². The molecule has 0 saturated heterocycles. The molecule has 0 aliphatic carbocycles. The summed E-state index contributed by atoms with van der Waals surface area (Å²) < 4.78 is 0. The molecule has 0 saturated carbocycles. The van der Waals surface area contributed by atoms with Gasteiger partial charge in [-0.1, -0.05) is 37.3 Å². The molecular formula is C12H15N3O. The summed E-state index contributed by atoms with van der Waals surface area (Å²) in [5.74, 6) is 0.765. The van der Waals surface area contributed by atoms with E-state index >= 15 is 0 Å². The van der Waals surface area contributed by atoms with Crippen LogP contribution in [-0.4, -0.2) is 17.8 Å². The maximum absolute atomic E-state index is 11.6. The lowest BCUT2D eigenvalue weighted by atomic mass is 10.1. The number of carbonyl (C=O) groups is 1. The lowest BCUT2D eigenvalue weighted by Crippen LogP contribution is -2.51. The first-order valence-corrected chi connectivity index (χ1v) is 5.46. The van der Waals surface area contributed by atoms with Crippen LogP contribution in [0.4, 0.5) is 0 Å². The van der Waals surface area contributed by atoms with Crippen molar-refractivity contribution in [2.45, 2.75) is 25.8 Å². The van der Waals surface area contributed by atoms with E-state index in [0.717, 1.165) is 17.8 Å². The Bertz CT molecular complexity index is 400. The van der Waals surface area contributed by atoms with Gasteiger partial charge < -0.3 is 0 Å². The predicted octanol–water partition coefficient (Wildman–Crippen LogP) is 1.04. The van der Waals surface area contributed by atoms with E-state index in [0.29, 0.717) is 6.42 Å². The number of hydrogen-bond donors (Lipinski definition) is 2. The first-order valence-electron chi connectivity index (χ1n) is 5.46. The Labute approximate surface area is 94.7 Å². The highest BCUT2D eigenvalue weighted by Crippen LogP contribution is 2.08. The molecule has 0 unspecified atom stereocenters. The second kappa shape index (κ2) is 4.79. The fraction of sp³-hybridized carbons (Fsp3) is 0.333. The molecule has 2 N–H and O–H groups in total. The summed E-state index contributed by atoms with van der Waals surface area (Å²) >= 11 is 0. The number of hydrogen-bond acceptors (Lipinski definition) is 3. The monoisotopic (exact) mass is 217 g/mol. The SMILES string of the molecule is CCC1=N[C@@H](Cc2ccccc2)C(=O)NN1. The van der Waals surface area contributed by atoms with Crippen LogP contribution < -0.4 is 10.9 Å². The lowest BCUT2D eigenvalue weighted by molar-refractivity contribution is -0.123. The molecule has 2 rings (SSSR count). The van der Waals surface area contributed by atoms with Crippen LogP contribution in [0.3, 0.4) is 0 Å². The zero-order valence-electron chi connectivity index (χ0n) is 9.23. The molecule has 84 valence electrons. The first-order chi connectivity index (χ1) is 7.79. The molecule has 1 atom stereocenters. The Hall–Kier alpha value is -1.84. The number of nitrogens with one attached hydrogen (secondary N) is 2. The fourth-order valence-corrected chi connectivity index (χ4v) is 1.65. The molecule has 1 aromatic carbocycles. The van der Waals surface area contributed by atoms with Crippen LogP contribution in [-0.2, 0) is 11.2 Å². The molecule has 1 heterocycles. The van der Waals surface area contributed by atoms with Crippen LogP contribution in [0.2, 0.25) is 0 Å². The predicted molar refractivity (Wildman–Crippen MR) is 62.9 cm³/mol. The van der Waals surface area contributed by atoms with Gasteiger partial charge in [0, 0.05) is 12.8 Å². The summed E-state index contributed by atoms with van der Waals surface area (Å²) in [4.78, 5) is 15.9. The molecule has 0 aromatic heterocycles. The Morgan fingerprint density at radius 3 is 2.69 bits per heavy atom. The van der Waals surface area contributed by atoms with Crippen LogP contribution in [0.1, 0.15) is 18.9 Å². The minimum absolute atomic E-state index is 0.0685. The molecule has 1 aliphatic rings. The highest BCUT2D eigenvalue weighted by Gasteiger charge is 2.22. The second-order valence-electron chi connectivity index (χ2n) is 3.75. The van der Waals surface area contributed by atoms with Crippen LogP contribution in [0.5, 0.6) is 0 Å². The first kappa shape index (κ1) is 10.7. The number of benzene rings is 1. The molecule has 1 aliphatic heterocycles. The number of carbonyl (C=O) groups excluding carboxylic acids is 1. The number of aliphatic imine (C=N–C) groups is 1. The molecule has 4 heteroatoms. The summed E-state index contributed by atoms with van der Waals surface area (Å²) in [5, 5.41) is 0. The standard InChI is InChI=1S/C12H15N3O/c1-2-11-13-10(12(16)15-14-11)8-9-6-4-3-5-7-9/h3-7,10H,2,8H2,1H3,(H,13,14)(H,15,16)/t10-/m0/s1. The van der Waals surface area contributed by atoms with Crippen molar-refractivity contribution in [3.05, 3.63) is 35.9 Å². The average molecular weight is 217 g/mol. The third-order valence-corrected chi connectivity index (χ3v) is 2.55. The lowest BCUT2D eigenvalue weighted by Gasteiger charge is -2.21. The van der Waals surface area contributed by atoms with E-state index in [9.17, 15) is 4.79 Å². The number of hydrazine groups is 1. The molecular weight excluding hydrogens is 202 g/mol. The zero-order chi connectivity index (χ0) is 11.4. The van der Waals surface area contributed by atoms with Gasteiger partial charge in [-0.05, 0) is 5.56 Å². The van der Waals surface area contributed by atoms with Crippen molar-refractivity contribution in [1.82, 2.24) is 10.9 Å². The number of amides is 1. The molecule has 0 fully saturated rings. The van der Waals surface area contributed by atoms with Gasteiger partial charge in [-0.15, -0.1) is 0 Å². The van der Waals surface area contributed by atoms with E-state index in [-0.39, 0.29) is 11.9 Å². The van der Waals surface area contributed by atoms with E-state index in [1.165, 1.54) is 0 Å². The van der Waals surface area contributed by atoms with Crippen molar-refractivity contribution in [1.29, 1.82) is 0 Å². The summed E-state index contributed by atoms with van der Waals surface area (Å²) in [6.45, 7) is 2.00. The maximum atomic E-state index is 11.6. The smallest absolute Gasteiger partial charge is 0.263 e. The molecule has 0 radical (unpaired) electrons. The Balaban J connectivity index is 2.11. The summed E-state index contributed by atoms with van der Waals surface area (Å²) in [5.41, 5.74) is 6.55. The topological polar surface area (TPSA) is 53.5 Å². The van der Waals surface area contributed by atoms with Crippen molar-refractivity contribution in [3.63, 3.8) is 0 Å². The fourth-order valence-electron chi connectivity index (χ4n) is 1.65. The van der Waals surface area contributed by atoms with Crippen molar-refractivity contribution in [3.8, 4) is 0 Å². The van der Waals surface area contributed by atoms with Gasteiger partial charge in [-0.25, -0.2) is 0 Å². The van der Waals surface area contributed by atoms with Gasteiger partial charge in [-0.2, -0.15) is 0 Å². The Morgan fingerprint density at radius 2 is 2.00 bits per heavy atom. The highest BCUT2D eigenvalue weighted by molar-refractivity contribution is 5.93. The summed E-state index contributed by atoms with van der Waals surface area (Å²) in [6, 6.07) is 9.62. The van der Waals surface area contributed by atoms with Gasteiger partial charge in [0.15, 0.2) is 0 Å². The van der Waals surface area contributed by atoms with Gasteiger partial charge in [0.1, 0.15) is 11.9 Å². The van der Waals surface area contributed by atoms with Crippen LogP contribution in [0.15, 0.2) is 35.3 Å². The van der Waals surface area contributed by atoms with Crippen molar-refractivity contribution in [2.75, 3.05) is 0 Å². The van der Waals surface area contributed by atoms with E-state index in [2.05, 4.69) is 15.8 Å². The molecule has 1 amide bonds. The van der Waals surface area contributed by atoms with Gasteiger partial charge >= 0.3 is 0 Å². The summed E-state index contributed by atoms with van der Waals surface area (Å²) in [6.07, 6.45) is 1.45. The highest BCUT2D eigenvalue weighted by atomic mass is 16.2. The van der Waals surface area contributed by atoms with E-state index in [4.69, 9.17) is 0 Å². The molecule has 0 bridgehead atoms. The van der Waals surface area contributed by atoms with Crippen LogP contribution in [0.25, 0.3) is 0 Å². The van der Waals surface area contributed by atoms with Gasteiger partial charge in [0.05, 0.1) is 0 Å². The third kappa shape index (κ3) is 2.39. The quantitative estimate of drug-likeness (QED) is 0.795. The Morgan fingerprint density at radius 1 is 1.25 bits per heavy atom. The maximum Gasteiger partial charge on any atom is 0.263 e. The third-order valence-electron chi connectivity index (χ3n) is 2.55. The second-order valence-corrected chi connectivity index (χ2v) is 3.75. The molecule has 1 aromatic rings. The van der Waals surface area contributed by atoms with Crippen LogP contribution >= 0.6 is 0 Å². The average Bonchev–Trinajstić information content (AvgIpc) is 2.33. The van der Waals surface area contributed by atoms with E-state index < -0.39 is 0 Å². The van der Waals surface area contributed by atoms with Crippen molar-refractivity contribution < 1.29 is 4.79 Å². The van der Waals surface area contributed by atoms with Gasteiger partial charge in [0.2, 0.25) is 0 Å². The van der Waals surface area contributed by atoms with Crippen molar-refractivity contribution in [2.24, 2.45) is 4.99 Å². The molecule has 0 spiro atoms. The summed E-state index contributed by atoms with van der Waals surface area (Å²) in [7, 11) is 0. The zero-order valence-corrected chi connectivity index (χ0v) is 9.23. The van der Waals surface area contributed by atoms with E-state index in [1.807, 2.05) is 37.3 Å². The largest absolute Gasteiger partial charge is 0.286 e. The molecule has 16 heavy (non-hydrogen) atoms. The minimum atomic E-state index is -0.307. The Kier molecular flexibility index (Phi) is 3.19. The van der Waals surface area contributed by atoms with E-state index in [1.54, 1.807) is 0 Å². The van der Waals surface area contributed by atoms with Gasteiger partial charge in [-0.3, -0.25) is 20.6 Å². The number of amidine groups is 1. The number of rotatable bonds is 3. The normalized spacial score (nSPS) is 19.7.